The number of anilines is 2. The normalized spacial score (nSPS) is 10.6. The van der Waals surface area contributed by atoms with Gasteiger partial charge in [-0.1, -0.05) is 12.1 Å². The van der Waals surface area contributed by atoms with Gasteiger partial charge in [-0.2, -0.15) is 0 Å². The zero-order valence-electron chi connectivity index (χ0n) is 18.7. The van der Waals surface area contributed by atoms with E-state index < -0.39 is 5.91 Å². The minimum absolute atomic E-state index is 0.104. The summed E-state index contributed by atoms with van der Waals surface area (Å²) in [7, 11) is 0. The van der Waals surface area contributed by atoms with Gasteiger partial charge in [0.1, 0.15) is 0 Å². The number of ether oxygens (including phenoxy) is 2. The van der Waals surface area contributed by atoms with Crippen LogP contribution in [0.25, 0.3) is 10.9 Å². The Morgan fingerprint density at radius 3 is 2.41 bits per heavy atom. The van der Waals surface area contributed by atoms with Crippen LogP contribution in [0.4, 0.5) is 11.4 Å². The van der Waals surface area contributed by atoms with Crippen molar-refractivity contribution in [1.82, 2.24) is 10.3 Å². The molecule has 8 heteroatoms. The number of nitrogens with one attached hydrogen (secondary N) is 2. The lowest BCUT2D eigenvalue weighted by Gasteiger charge is -2.18. The lowest BCUT2D eigenvalue weighted by atomic mass is 10.0. The molecule has 0 aliphatic heterocycles. The fourth-order valence-corrected chi connectivity index (χ4v) is 3.42. The molecule has 0 atom stereocenters. The number of benzene rings is 2. The summed E-state index contributed by atoms with van der Waals surface area (Å²) >= 11 is 0. The topological polar surface area (TPSA) is 116 Å². The number of nitrogens with zero attached hydrogens (tertiary/aromatic N) is 1. The van der Waals surface area contributed by atoms with Crippen molar-refractivity contribution in [2.45, 2.75) is 34.2 Å². The first-order valence-corrected chi connectivity index (χ1v) is 10.5. The van der Waals surface area contributed by atoms with Crippen LogP contribution in [0.15, 0.2) is 36.5 Å². The van der Waals surface area contributed by atoms with Crippen LogP contribution < -0.4 is 25.8 Å². The molecule has 0 aliphatic rings. The summed E-state index contributed by atoms with van der Waals surface area (Å²) in [6.45, 7) is 8.56. The Morgan fingerprint density at radius 2 is 1.78 bits per heavy atom. The molecule has 3 aromatic rings. The minimum atomic E-state index is -0.596. The quantitative estimate of drug-likeness (QED) is 0.470. The van der Waals surface area contributed by atoms with Crippen LogP contribution in [-0.2, 0) is 11.3 Å². The molecule has 8 nitrogen and oxygen atoms in total. The molecule has 1 aromatic heterocycles. The smallest absolute Gasteiger partial charge is 0.252 e. The fourth-order valence-electron chi connectivity index (χ4n) is 3.42. The Kier molecular flexibility index (Phi) is 7.14. The Morgan fingerprint density at radius 1 is 1.09 bits per heavy atom. The summed E-state index contributed by atoms with van der Waals surface area (Å²) in [6, 6.07) is 9.33. The molecule has 1 heterocycles. The van der Waals surface area contributed by atoms with Gasteiger partial charge in [-0.25, -0.2) is 0 Å². The summed E-state index contributed by atoms with van der Waals surface area (Å²) in [5.74, 6) is 0.443. The standard InChI is InChI=1S/C24H28N4O4/c1-5-31-21-10-17-20(11-22(21)32-6-2)27-13-18(24(25)30)23(17)28-19-9-7-8-16(14(19)3)12-26-15(4)29/h7-11,13H,5-6,12H2,1-4H3,(H2,25,30)(H,26,29)(H,27,28). The molecule has 0 saturated heterocycles. The van der Waals surface area contributed by atoms with Gasteiger partial charge in [0, 0.05) is 36.8 Å². The summed E-state index contributed by atoms with van der Waals surface area (Å²) in [6.07, 6.45) is 1.46. The highest BCUT2D eigenvalue weighted by molar-refractivity contribution is 6.08. The first-order valence-electron chi connectivity index (χ1n) is 10.5. The van der Waals surface area contributed by atoms with E-state index >= 15 is 0 Å². The molecule has 0 radical (unpaired) electrons. The number of fused-ring (bicyclic) bond motifs is 1. The molecule has 0 fully saturated rings. The van der Waals surface area contributed by atoms with Gasteiger partial charge in [-0.15, -0.1) is 0 Å². The van der Waals surface area contributed by atoms with E-state index in [1.165, 1.54) is 13.1 Å². The Balaban J connectivity index is 2.15. The Hall–Kier alpha value is -3.81. The van der Waals surface area contributed by atoms with Crippen LogP contribution in [0.2, 0.25) is 0 Å². The second-order valence-corrected chi connectivity index (χ2v) is 7.22. The predicted molar refractivity (Wildman–Crippen MR) is 125 cm³/mol. The van der Waals surface area contributed by atoms with Crippen LogP contribution in [-0.4, -0.2) is 30.0 Å². The maximum Gasteiger partial charge on any atom is 0.252 e. The molecule has 0 aliphatic carbocycles. The van der Waals surface area contributed by atoms with Crippen molar-refractivity contribution in [1.29, 1.82) is 0 Å². The van der Waals surface area contributed by atoms with Crippen LogP contribution in [0.1, 0.15) is 42.3 Å². The number of carbonyl (C=O) groups is 2. The van der Waals surface area contributed by atoms with Gasteiger partial charge in [-0.3, -0.25) is 14.6 Å². The van der Waals surface area contributed by atoms with Crippen molar-refractivity contribution in [3.63, 3.8) is 0 Å². The number of aromatic nitrogens is 1. The fraction of sp³-hybridized carbons (Fsp3) is 0.292. The first kappa shape index (κ1) is 22.9. The van der Waals surface area contributed by atoms with Crippen LogP contribution in [0.3, 0.4) is 0 Å². The highest BCUT2D eigenvalue weighted by atomic mass is 16.5. The highest BCUT2D eigenvalue weighted by Gasteiger charge is 2.18. The van der Waals surface area contributed by atoms with Crippen molar-refractivity contribution < 1.29 is 19.1 Å². The highest BCUT2D eigenvalue weighted by Crippen LogP contribution is 2.38. The molecule has 4 N–H and O–H groups in total. The van der Waals surface area contributed by atoms with Gasteiger partial charge >= 0.3 is 0 Å². The number of rotatable bonds is 9. The molecule has 0 bridgehead atoms. The Labute approximate surface area is 187 Å². The number of nitrogens with two attached hydrogens (primary N) is 1. The largest absolute Gasteiger partial charge is 0.490 e. The van der Waals surface area contributed by atoms with E-state index in [1.54, 1.807) is 6.07 Å². The van der Waals surface area contributed by atoms with E-state index in [0.29, 0.717) is 47.8 Å². The number of carbonyl (C=O) groups excluding carboxylic acids is 2. The third-order valence-corrected chi connectivity index (χ3v) is 5.03. The van der Waals surface area contributed by atoms with Crippen LogP contribution in [0, 0.1) is 6.92 Å². The predicted octanol–water partition coefficient (Wildman–Crippen LogP) is 3.82. The molecule has 2 aromatic carbocycles. The van der Waals surface area contributed by atoms with E-state index in [-0.39, 0.29) is 11.5 Å². The van der Waals surface area contributed by atoms with Gasteiger partial charge in [0.2, 0.25) is 5.91 Å². The van der Waals surface area contributed by atoms with Crippen molar-refractivity contribution in [3.8, 4) is 11.5 Å². The monoisotopic (exact) mass is 436 g/mol. The molecular formula is C24H28N4O4. The zero-order chi connectivity index (χ0) is 23.3. The van der Waals surface area contributed by atoms with Gasteiger partial charge < -0.3 is 25.8 Å². The van der Waals surface area contributed by atoms with Gasteiger partial charge in [0.05, 0.1) is 30.0 Å². The minimum Gasteiger partial charge on any atom is -0.490 e. The van der Waals surface area contributed by atoms with Gasteiger partial charge in [-0.05, 0) is 44.0 Å². The van der Waals surface area contributed by atoms with E-state index in [4.69, 9.17) is 15.2 Å². The average Bonchev–Trinajstić information content (AvgIpc) is 2.75. The molecule has 0 saturated carbocycles. The summed E-state index contributed by atoms with van der Waals surface area (Å²) in [4.78, 5) is 27.9. The number of hydrogen-bond acceptors (Lipinski definition) is 6. The van der Waals surface area contributed by atoms with Gasteiger partial charge in [0.25, 0.3) is 5.91 Å². The van der Waals surface area contributed by atoms with E-state index in [0.717, 1.165) is 16.8 Å². The molecule has 3 rings (SSSR count). The van der Waals surface area contributed by atoms with Crippen molar-refractivity contribution >= 4 is 34.1 Å². The maximum atomic E-state index is 12.2. The summed E-state index contributed by atoms with van der Waals surface area (Å²) < 4.78 is 11.5. The lowest BCUT2D eigenvalue weighted by Crippen LogP contribution is -2.19. The van der Waals surface area contributed by atoms with Crippen LogP contribution in [0.5, 0.6) is 11.5 Å². The van der Waals surface area contributed by atoms with Crippen molar-refractivity contribution in [3.05, 3.63) is 53.2 Å². The lowest BCUT2D eigenvalue weighted by molar-refractivity contribution is -0.119. The van der Waals surface area contributed by atoms with Crippen molar-refractivity contribution in [2.75, 3.05) is 18.5 Å². The SMILES string of the molecule is CCOc1cc2ncc(C(N)=O)c(Nc3cccc(CNC(C)=O)c3C)c2cc1OCC. The zero-order valence-corrected chi connectivity index (χ0v) is 18.7. The molecule has 0 unspecified atom stereocenters. The van der Waals surface area contributed by atoms with Crippen molar-refractivity contribution in [2.24, 2.45) is 5.73 Å². The summed E-state index contributed by atoms with van der Waals surface area (Å²) in [5, 5.41) is 6.86. The first-order chi connectivity index (χ1) is 15.3. The second kappa shape index (κ2) is 10.00. The third-order valence-electron chi connectivity index (χ3n) is 5.03. The van der Waals surface area contributed by atoms with E-state index in [2.05, 4.69) is 15.6 Å². The molecular weight excluding hydrogens is 408 g/mol. The van der Waals surface area contributed by atoms with E-state index in [1.807, 2.05) is 45.0 Å². The Bertz CT molecular complexity index is 1160. The molecule has 32 heavy (non-hydrogen) atoms. The molecule has 0 spiro atoms. The number of pyridine rings is 1. The number of hydrogen-bond donors (Lipinski definition) is 3. The van der Waals surface area contributed by atoms with E-state index in [9.17, 15) is 9.59 Å². The number of amides is 2. The second-order valence-electron chi connectivity index (χ2n) is 7.22. The average molecular weight is 437 g/mol. The van der Waals surface area contributed by atoms with Crippen LogP contribution >= 0.6 is 0 Å². The van der Waals surface area contributed by atoms with Gasteiger partial charge in [0.15, 0.2) is 11.5 Å². The maximum absolute atomic E-state index is 12.2. The molecule has 168 valence electrons. The third kappa shape index (κ3) is 4.91. The summed E-state index contributed by atoms with van der Waals surface area (Å²) in [5.41, 5.74) is 9.77. The number of primary amides is 1. The molecule has 2 amide bonds.